The summed E-state index contributed by atoms with van der Waals surface area (Å²) >= 11 is 0. The van der Waals surface area contributed by atoms with Crippen molar-refractivity contribution in [3.63, 3.8) is 0 Å². The Hall–Kier alpha value is -2.13. The van der Waals surface area contributed by atoms with Crippen LogP contribution >= 0.6 is 0 Å². The summed E-state index contributed by atoms with van der Waals surface area (Å²) in [6, 6.07) is 18.8. The molecule has 1 amide bonds. The summed E-state index contributed by atoms with van der Waals surface area (Å²) < 4.78 is 0. The van der Waals surface area contributed by atoms with E-state index in [0.717, 1.165) is 26.1 Å². The number of hydrogen-bond acceptors (Lipinski definition) is 2. The predicted molar refractivity (Wildman–Crippen MR) is 89.6 cm³/mol. The number of nitrogens with zero attached hydrogens (tertiary/aromatic N) is 1. The zero-order chi connectivity index (χ0) is 15.4. The molecule has 0 saturated carbocycles. The minimum Gasteiger partial charge on any atom is -0.340 e. The SMILES string of the molecule is CCN1CCN[C@H](Cc2ccc(-c3ccccc3)cc2)C1=O. The first-order valence-electron chi connectivity index (χ1n) is 7.94. The molecule has 2 aromatic carbocycles. The quantitative estimate of drug-likeness (QED) is 0.940. The summed E-state index contributed by atoms with van der Waals surface area (Å²) in [7, 11) is 0. The summed E-state index contributed by atoms with van der Waals surface area (Å²) in [6.45, 7) is 4.53. The number of amides is 1. The highest BCUT2D eigenvalue weighted by Gasteiger charge is 2.27. The molecular formula is C19H22N2O. The zero-order valence-corrected chi connectivity index (χ0v) is 13.0. The molecule has 3 nitrogen and oxygen atoms in total. The van der Waals surface area contributed by atoms with E-state index in [4.69, 9.17) is 0 Å². The van der Waals surface area contributed by atoms with E-state index in [1.807, 2.05) is 30.0 Å². The smallest absolute Gasteiger partial charge is 0.240 e. The van der Waals surface area contributed by atoms with E-state index >= 15 is 0 Å². The highest BCUT2D eigenvalue weighted by Crippen LogP contribution is 2.20. The van der Waals surface area contributed by atoms with Gasteiger partial charge in [-0.2, -0.15) is 0 Å². The molecule has 1 atom stereocenters. The Morgan fingerprint density at radius 3 is 2.41 bits per heavy atom. The fourth-order valence-corrected chi connectivity index (χ4v) is 2.96. The van der Waals surface area contributed by atoms with Gasteiger partial charge in [0.1, 0.15) is 0 Å². The largest absolute Gasteiger partial charge is 0.340 e. The Morgan fingerprint density at radius 2 is 1.73 bits per heavy atom. The van der Waals surface area contributed by atoms with Crippen molar-refractivity contribution in [3.05, 3.63) is 60.2 Å². The average molecular weight is 294 g/mol. The maximum atomic E-state index is 12.3. The second kappa shape index (κ2) is 6.75. The third-order valence-corrected chi connectivity index (χ3v) is 4.26. The molecule has 1 fully saturated rings. The van der Waals surface area contributed by atoms with Crippen molar-refractivity contribution >= 4 is 5.91 Å². The topological polar surface area (TPSA) is 32.3 Å². The average Bonchev–Trinajstić information content (AvgIpc) is 2.58. The van der Waals surface area contributed by atoms with E-state index in [2.05, 4.69) is 41.7 Å². The lowest BCUT2D eigenvalue weighted by Crippen LogP contribution is -2.55. The minimum atomic E-state index is -0.0868. The molecule has 0 aromatic heterocycles. The Bertz CT molecular complexity index is 622. The van der Waals surface area contributed by atoms with Gasteiger partial charge in [0.05, 0.1) is 6.04 Å². The fraction of sp³-hybridized carbons (Fsp3) is 0.316. The van der Waals surface area contributed by atoms with Gasteiger partial charge in [0.2, 0.25) is 5.91 Å². The molecule has 3 heteroatoms. The van der Waals surface area contributed by atoms with Crippen molar-refractivity contribution < 1.29 is 4.79 Å². The Labute approximate surface area is 132 Å². The van der Waals surface area contributed by atoms with E-state index in [1.165, 1.54) is 16.7 Å². The van der Waals surface area contributed by atoms with Crippen LogP contribution in [0.25, 0.3) is 11.1 Å². The molecule has 22 heavy (non-hydrogen) atoms. The van der Waals surface area contributed by atoms with Gasteiger partial charge < -0.3 is 10.2 Å². The molecule has 0 unspecified atom stereocenters. The number of hydrogen-bond donors (Lipinski definition) is 1. The third kappa shape index (κ3) is 3.20. The van der Waals surface area contributed by atoms with Crippen molar-refractivity contribution in [2.45, 2.75) is 19.4 Å². The van der Waals surface area contributed by atoms with Gasteiger partial charge in [-0.3, -0.25) is 4.79 Å². The van der Waals surface area contributed by atoms with Crippen molar-refractivity contribution in [2.24, 2.45) is 0 Å². The second-order valence-corrected chi connectivity index (χ2v) is 5.69. The molecule has 2 aromatic rings. The van der Waals surface area contributed by atoms with Gasteiger partial charge in [-0.25, -0.2) is 0 Å². The van der Waals surface area contributed by atoms with Crippen molar-refractivity contribution in [2.75, 3.05) is 19.6 Å². The van der Waals surface area contributed by atoms with Gasteiger partial charge in [0.25, 0.3) is 0 Å². The predicted octanol–water partition coefficient (Wildman–Crippen LogP) is 2.72. The van der Waals surface area contributed by atoms with Crippen LogP contribution in [-0.2, 0) is 11.2 Å². The molecule has 114 valence electrons. The first kappa shape index (κ1) is 14.8. The molecule has 0 spiro atoms. The molecule has 1 N–H and O–H groups in total. The second-order valence-electron chi connectivity index (χ2n) is 5.69. The third-order valence-electron chi connectivity index (χ3n) is 4.26. The van der Waals surface area contributed by atoms with Crippen molar-refractivity contribution in [1.29, 1.82) is 0 Å². The van der Waals surface area contributed by atoms with Crippen LogP contribution in [0.2, 0.25) is 0 Å². The van der Waals surface area contributed by atoms with Crippen LogP contribution in [0.3, 0.4) is 0 Å². The van der Waals surface area contributed by atoms with Crippen LogP contribution < -0.4 is 5.32 Å². The Morgan fingerprint density at radius 1 is 1.05 bits per heavy atom. The zero-order valence-electron chi connectivity index (χ0n) is 13.0. The summed E-state index contributed by atoms with van der Waals surface area (Å²) in [6.07, 6.45) is 0.754. The number of benzene rings is 2. The van der Waals surface area contributed by atoms with Crippen molar-refractivity contribution in [1.82, 2.24) is 10.2 Å². The normalized spacial score (nSPS) is 18.5. The van der Waals surface area contributed by atoms with Crippen LogP contribution in [0.5, 0.6) is 0 Å². The van der Waals surface area contributed by atoms with Crippen molar-refractivity contribution in [3.8, 4) is 11.1 Å². The lowest BCUT2D eigenvalue weighted by molar-refractivity contribution is -0.135. The summed E-state index contributed by atoms with van der Waals surface area (Å²) in [5.74, 6) is 0.223. The Kier molecular flexibility index (Phi) is 4.54. The molecule has 1 aliphatic heterocycles. The molecule has 3 rings (SSSR count). The molecule has 0 aliphatic carbocycles. The van der Waals surface area contributed by atoms with Gasteiger partial charge in [-0.15, -0.1) is 0 Å². The van der Waals surface area contributed by atoms with Gasteiger partial charge in [-0.1, -0.05) is 54.6 Å². The van der Waals surface area contributed by atoms with Gasteiger partial charge in [-0.05, 0) is 30.0 Å². The van der Waals surface area contributed by atoms with Crippen LogP contribution in [0, 0.1) is 0 Å². The fourth-order valence-electron chi connectivity index (χ4n) is 2.96. The number of piperazine rings is 1. The number of likely N-dealkylation sites (N-methyl/N-ethyl adjacent to an activating group) is 1. The van der Waals surface area contributed by atoms with Crippen LogP contribution in [0.15, 0.2) is 54.6 Å². The first-order chi connectivity index (χ1) is 10.8. The van der Waals surface area contributed by atoms with Crippen LogP contribution in [-0.4, -0.2) is 36.5 Å². The van der Waals surface area contributed by atoms with Gasteiger partial charge in [0.15, 0.2) is 0 Å². The maximum Gasteiger partial charge on any atom is 0.240 e. The van der Waals surface area contributed by atoms with Crippen LogP contribution in [0.4, 0.5) is 0 Å². The molecule has 1 heterocycles. The van der Waals surface area contributed by atoms with Crippen LogP contribution in [0.1, 0.15) is 12.5 Å². The summed E-state index contributed by atoms with van der Waals surface area (Å²) in [5, 5.41) is 3.34. The molecule has 0 radical (unpaired) electrons. The summed E-state index contributed by atoms with van der Waals surface area (Å²) in [5.41, 5.74) is 3.63. The molecule has 1 saturated heterocycles. The van der Waals surface area contributed by atoms with E-state index in [0.29, 0.717) is 0 Å². The van der Waals surface area contributed by atoms with Gasteiger partial charge in [0, 0.05) is 19.6 Å². The standard InChI is InChI=1S/C19H22N2O/c1-2-21-13-12-20-18(19(21)22)14-15-8-10-17(11-9-15)16-6-4-3-5-7-16/h3-11,18,20H,2,12-14H2,1H3/t18-/m1/s1. The number of nitrogens with one attached hydrogen (secondary N) is 1. The summed E-state index contributed by atoms with van der Waals surface area (Å²) in [4.78, 5) is 14.2. The van der Waals surface area contributed by atoms with E-state index in [-0.39, 0.29) is 11.9 Å². The number of carbonyl (C=O) groups is 1. The van der Waals surface area contributed by atoms with E-state index in [1.54, 1.807) is 0 Å². The van der Waals surface area contributed by atoms with Gasteiger partial charge >= 0.3 is 0 Å². The minimum absolute atomic E-state index is 0.0868. The monoisotopic (exact) mass is 294 g/mol. The first-order valence-corrected chi connectivity index (χ1v) is 7.94. The highest BCUT2D eigenvalue weighted by molar-refractivity contribution is 5.83. The lowest BCUT2D eigenvalue weighted by Gasteiger charge is -2.32. The lowest BCUT2D eigenvalue weighted by atomic mass is 9.99. The number of rotatable bonds is 4. The Balaban J connectivity index is 1.70. The molecular weight excluding hydrogens is 272 g/mol. The van der Waals surface area contributed by atoms with E-state index < -0.39 is 0 Å². The maximum absolute atomic E-state index is 12.3. The number of carbonyl (C=O) groups excluding carboxylic acids is 1. The molecule has 1 aliphatic rings. The highest BCUT2D eigenvalue weighted by atomic mass is 16.2. The molecule has 0 bridgehead atoms. The van der Waals surface area contributed by atoms with E-state index in [9.17, 15) is 4.79 Å².